The quantitative estimate of drug-likeness (QED) is 0.272. The van der Waals surface area contributed by atoms with Gasteiger partial charge in [0.2, 0.25) is 5.88 Å². The summed E-state index contributed by atoms with van der Waals surface area (Å²) in [5.74, 6) is -0.632. The summed E-state index contributed by atoms with van der Waals surface area (Å²) >= 11 is 0. The lowest BCUT2D eigenvalue weighted by atomic mass is 9.53. The van der Waals surface area contributed by atoms with Crippen LogP contribution in [0.5, 0.6) is 11.6 Å². The standard InChI is InChI=1S/C29H32F2N6O5/c1-15-5-4-6-20-22(24(32)38)26(35-36(15)20)42-18-12-29(13-18)10-16(11-29)33-25(39)23-19-8-7-17(41-14-28(2,3)40)9-21(19)37(34-23)27(30)31/h4-9,16,18,27,40H,10-14H2,1-3H3,(H2,32,38)(H,33,39). The molecule has 0 aliphatic heterocycles. The number of pyridine rings is 1. The number of alkyl halides is 2. The van der Waals surface area contributed by atoms with Gasteiger partial charge in [-0.15, -0.1) is 5.10 Å². The molecular formula is C29H32F2N6O5. The summed E-state index contributed by atoms with van der Waals surface area (Å²) < 4.78 is 41.3. The number of benzene rings is 1. The molecule has 2 saturated carbocycles. The molecule has 6 rings (SSSR count). The highest BCUT2D eigenvalue weighted by Gasteiger charge is 2.54. The third-order valence-electron chi connectivity index (χ3n) is 8.03. The average molecular weight is 583 g/mol. The Kier molecular flexibility index (Phi) is 6.59. The fraction of sp³-hybridized carbons (Fsp3) is 0.448. The van der Waals surface area contributed by atoms with Crippen LogP contribution in [0.15, 0.2) is 36.4 Å². The third-order valence-corrected chi connectivity index (χ3v) is 8.03. The summed E-state index contributed by atoms with van der Waals surface area (Å²) in [6, 6.07) is 9.82. The number of ether oxygens (including phenoxy) is 2. The second-order valence-corrected chi connectivity index (χ2v) is 12.1. The SMILES string of the molecule is Cc1cccc2c(C(N)=O)c(OC3CC4(CC(NC(=O)c5nn(C(F)F)c6cc(OCC(C)(C)O)ccc56)C4)C3)nn12. The molecule has 13 heteroatoms. The van der Waals surface area contributed by atoms with Crippen molar-refractivity contribution in [2.24, 2.45) is 11.1 Å². The summed E-state index contributed by atoms with van der Waals surface area (Å²) in [5, 5.41) is 21.5. The lowest BCUT2D eigenvalue weighted by Gasteiger charge is -2.57. The highest BCUT2D eigenvalue weighted by Crippen LogP contribution is 2.57. The number of rotatable bonds is 9. The highest BCUT2D eigenvalue weighted by molar-refractivity contribution is 6.05. The number of hydrogen-bond donors (Lipinski definition) is 3. The molecule has 4 aromatic rings. The van der Waals surface area contributed by atoms with Gasteiger partial charge in [-0.05, 0) is 76.1 Å². The lowest BCUT2D eigenvalue weighted by molar-refractivity contribution is -0.0848. The Bertz CT molecular complexity index is 1690. The zero-order chi connectivity index (χ0) is 30.0. The number of aliphatic hydroxyl groups is 1. The molecule has 1 spiro atoms. The summed E-state index contributed by atoms with van der Waals surface area (Å²) in [6.45, 7) is 2.03. The fourth-order valence-corrected chi connectivity index (χ4v) is 6.10. The number of nitrogens with two attached hydrogens (primary N) is 1. The number of amides is 2. The number of carbonyl (C=O) groups excluding carboxylic acids is 2. The van der Waals surface area contributed by atoms with Gasteiger partial charge in [0.05, 0.1) is 16.6 Å². The summed E-state index contributed by atoms with van der Waals surface area (Å²) in [7, 11) is 0. The number of halogens is 2. The molecule has 222 valence electrons. The molecular weight excluding hydrogens is 550 g/mol. The molecule has 2 aliphatic rings. The first-order valence-electron chi connectivity index (χ1n) is 13.7. The Hall–Kier alpha value is -4.26. The normalized spacial score (nSPS) is 21.9. The molecule has 0 unspecified atom stereocenters. The van der Waals surface area contributed by atoms with E-state index in [1.807, 2.05) is 19.1 Å². The van der Waals surface area contributed by atoms with Crippen LogP contribution in [0.1, 0.15) is 72.6 Å². The van der Waals surface area contributed by atoms with Crippen molar-refractivity contribution in [2.75, 3.05) is 6.61 Å². The predicted molar refractivity (Wildman–Crippen MR) is 148 cm³/mol. The second-order valence-electron chi connectivity index (χ2n) is 12.1. The maximum absolute atomic E-state index is 13.8. The molecule has 0 bridgehead atoms. The van der Waals surface area contributed by atoms with E-state index in [1.54, 1.807) is 30.5 Å². The van der Waals surface area contributed by atoms with Crippen LogP contribution in [-0.2, 0) is 0 Å². The van der Waals surface area contributed by atoms with Gasteiger partial charge in [-0.25, -0.2) is 9.20 Å². The predicted octanol–water partition coefficient (Wildman–Crippen LogP) is 3.76. The van der Waals surface area contributed by atoms with Crippen LogP contribution in [0.4, 0.5) is 8.78 Å². The molecule has 1 aromatic carbocycles. The van der Waals surface area contributed by atoms with E-state index in [2.05, 4.69) is 15.5 Å². The first-order chi connectivity index (χ1) is 19.8. The summed E-state index contributed by atoms with van der Waals surface area (Å²) in [6.07, 6.45) is 2.77. The van der Waals surface area contributed by atoms with Crippen LogP contribution in [0.25, 0.3) is 16.4 Å². The Morgan fingerprint density at radius 1 is 1.17 bits per heavy atom. The van der Waals surface area contributed by atoms with Gasteiger partial charge < -0.3 is 25.6 Å². The van der Waals surface area contributed by atoms with Crippen molar-refractivity contribution < 1.29 is 33.0 Å². The number of hydrogen-bond acceptors (Lipinski definition) is 7. The van der Waals surface area contributed by atoms with Crippen molar-refractivity contribution in [3.63, 3.8) is 0 Å². The molecule has 0 atom stereocenters. The van der Waals surface area contributed by atoms with Crippen molar-refractivity contribution in [2.45, 2.75) is 70.8 Å². The number of aryl methyl sites for hydroxylation is 1. The van der Waals surface area contributed by atoms with Crippen LogP contribution < -0.4 is 20.5 Å². The zero-order valence-electron chi connectivity index (χ0n) is 23.4. The monoisotopic (exact) mass is 582 g/mol. The number of primary amides is 1. The Morgan fingerprint density at radius 2 is 1.90 bits per heavy atom. The van der Waals surface area contributed by atoms with E-state index in [9.17, 15) is 23.5 Å². The van der Waals surface area contributed by atoms with Crippen molar-refractivity contribution >= 4 is 28.2 Å². The number of nitrogens with one attached hydrogen (secondary N) is 1. The van der Waals surface area contributed by atoms with Crippen LogP contribution in [-0.4, -0.2) is 60.7 Å². The Morgan fingerprint density at radius 3 is 2.57 bits per heavy atom. The minimum Gasteiger partial charge on any atom is -0.491 e. The molecule has 4 N–H and O–H groups in total. The Labute approximate surface area is 239 Å². The molecule has 11 nitrogen and oxygen atoms in total. The summed E-state index contributed by atoms with van der Waals surface area (Å²) in [4.78, 5) is 25.2. The van der Waals surface area contributed by atoms with Gasteiger partial charge in [-0.2, -0.15) is 13.9 Å². The van der Waals surface area contributed by atoms with Gasteiger partial charge in [0.15, 0.2) is 5.69 Å². The van der Waals surface area contributed by atoms with Gasteiger partial charge in [0.25, 0.3) is 11.8 Å². The molecule has 0 radical (unpaired) electrons. The minimum atomic E-state index is -2.95. The smallest absolute Gasteiger partial charge is 0.333 e. The van der Waals surface area contributed by atoms with Crippen LogP contribution in [0, 0.1) is 12.3 Å². The lowest BCUT2D eigenvalue weighted by Crippen LogP contribution is -2.58. The van der Waals surface area contributed by atoms with Crippen molar-refractivity contribution in [3.05, 3.63) is 53.3 Å². The van der Waals surface area contributed by atoms with Crippen molar-refractivity contribution in [3.8, 4) is 11.6 Å². The van der Waals surface area contributed by atoms with Gasteiger partial charge in [0.1, 0.15) is 24.0 Å². The molecule has 3 aromatic heterocycles. The maximum Gasteiger partial charge on any atom is 0.333 e. The minimum absolute atomic E-state index is 0.00169. The van der Waals surface area contributed by atoms with Gasteiger partial charge in [-0.3, -0.25) is 9.59 Å². The van der Waals surface area contributed by atoms with Crippen LogP contribution >= 0.6 is 0 Å². The largest absolute Gasteiger partial charge is 0.491 e. The van der Waals surface area contributed by atoms with E-state index in [1.165, 1.54) is 12.1 Å². The maximum atomic E-state index is 13.8. The highest BCUT2D eigenvalue weighted by atomic mass is 19.3. The molecule has 2 amide bonds. The first kappa shape index (κ1) is 27.9. The van der Waals surface area contributed by atoms with Gasteiger partial charge in [0, 0.05) is 23.2 Å². The number of aromatic nitrogens is 4. The molecule has 42 heavy (non-hydrogen) atoms. The number of fused-ring (bicyclic) bond motifs is 2. The number of nitrogens with zero attached hydrogens (tertiary/aromatic N) is 4. The van der Waals surface area contributed by atoms with E-state index in [0.29, 0.717) is 23.0 Å². The van der Waals surface area contributed by atoms with E-state index in [0.717, 1.165) is 18.5 Å². The van der Waals surface area contributed by atoms with E-state index in [4.69, 9.17) is 15.2 Å². The van der Waals surface area contributed by atoms with E-state index < -0.39 is 24.0 Å². The molecule has 3 heterocycles. The van der Waals surface area contributed by atoms with Gasteiger partial charge >= 0.3 is 6.55 Å². The van der Waals surface area contributed by atoms with Crippen molar-refractivity contribution in [1.29, 1.82) is 0 Å². The molecule has 2 fully saturated rings. The Balaban J connectivity index is 1.09. The zero-order valence-corrected chi connectivity index (χ0v) is 23.4. The number of carbonyl (C=O) groups is 2. The second kappa shape index (κ2) is 9.93. The fourth-order valence-electron chi connectivity index (χ4n) is 6.10. The van der Waals surface area contributed by atoms with E-state index in [-0.39, 0.29) is 58.0 Å². The van der Waals surface area contributed by atoms with Crippen LogP contribution in [0.2, 0.25) is 0 Å². The van der Waals surface area contributed by atoms with E-state index >= 15 is 0 Å². The summed E-state index contributed by atoms with van der Waals surface area (Å²) in [5.41, 5.74) is 6.19. The molecule has 2 aliphatic carbocycles. The van der Waals surface area contributed by atoms with Crippen LogP contribution in [0.3, 0.4) is 0 Å². The first-order valence-corrected chi connectivity index (χ1v) is 13.7. The molecule has 0 saturated heterocycles. The van der Waals surface area contributed by atoms with Gasteiger partial charge in [-0.1, -0.05) is 6.07 Å². The third kappa shape index (κ3) is 5.02. The van der Waals surface area contributed by atoms with Crippen molar-refractivity contribution in [1.82, 2.24) is 24.7 Å². The average Bonchev–Trinajstić information content (AvgIpc) is 3.43. The topological polar surface area (TPSA) is 146 Å².